The van der Waals surface area contributed by atoms with Crippen molar-refractivity contribution >= 4 is 23.5 Å². The van der Waals surface area contributed by atoms with Crippen molar-refractivity contribution in [2.75, 3.05) is 18.4 Å². The van der Waals surface area contributed by atoms with Gasteiger partial charge in [-0.15, -0.1) is 0 Å². The highest BCUT2D eigenvalue weighted by Gasteiger charge is 2.35. The van der Waals surface area contributed by atoms with Gasteiger partial charge in [0.15, 0.2) is 0 Å². The smallest absolute Gasteiger partial charge is 0.318 e. The number of amides is 4. The SMILES string of the molecule is Cc1ccc(NC(=O)C[C@H]2C(=O)NCCN2C(=O)NC2CCCCC2)cc1. The molecule has 2 fully saturated rings. The predicted molar refractivity (Wildman–Crippen MR) is 103 cm³/mol. The lowest BCUT2D eigenvalue weighted by atomic mass is 9.95. The number of piperazine rings is 1. The normalized spacial score (nSPS) is 20.7. The van der Waals surface area contributed by atoms with Crippen LogP contribution in [-0.4, -0.2) is 47.9 Å². The van der Waals surface area contributed by atoms with Gasteiger partial charge in [0.1, 0.15) is 6.04 Å². The summed E-state index contributed by atoms with van der Waals surface area (Å²) in [4.78, 5) is 38.9. The molecule has 1 aromatic carbocycles. The Labute approximate surface area is 159 Å². The van der Waals surface area contributed by atoms with Crippen molar-refractivity contribution in [3.05, 3.63) is 29.8 Å². The van der Waals surface area contributed by atoms with Crippen LogP contribution >= 0.6 is 0 Å². The van der Waals surface area contributed by atoms with Gasteiger partial charge < -0.3 is 20.9 Å². The molecular formula is C20H28N4O3. The summed E-state index contributed by atoms with van der Waals surface area (Å²) in [6.07, 6.45) is 5.34. The number of rotatable bonds is 4. The molecule has 1 aliphatic carbocycles. The fraction of sp³-hybridized carbons (Fsp3) is 0.550. The molecule has 146 valence electrons. The fourth-order valence-electron chi connectivity index (χ4n) is 3.69. The van der Waals surface area contributed by atoms with Gasteiger partial charge in [0.05, 0.1) is 6.42 Å². The lowest BCUT2D eigenvalue weighted by Crippen LogP contribution is -2.61. The molecule has 3 N–H and O–H groups in total. The van der Waals surface area contributed by atoms with Gasteiger partial charge >= 0.3 is 6.03 Å². The van der Waals surface area contributed by atoms with Crippen molar-refractivity contribution in [3.8, 4) is 0 Å². The van der Waals surface area contributed by atoms with E-state index in [2.05, 4.69) is 16.0 Å². The van der Waals surface area contributed by atoms with Gasteiger partial charge in [-0.25, -0.2) is 4.79 Å². The van der Waals surface area contributed by atoms with Gasteiger partial charge in [0.25, 0.3) is 0 Å². The molecule has 4 amide bonds. The van der Waals surface area contributed by atoms with Crippen LogP contribution in [0.1, 0.15) is 44.1 Å². The van der Waals surface area contributed by atoms with Crippen molar-refractivity contribution in [1.82, 2.24) is 15.5 Å². The first-order valence-electron chi connectivity index (χ1n) is 9.74. The second kappa shape index (κ2) is 8.88. The molecule has 0 spiro atoms. The first-order valence-corrected chi connectivity index (χ1v) is 9.74. The van der Waals surface area contributed by atoms with E-state index in [4.69, 9.17) is 0 Å². The molecule has 1 saturated carbocycles. The average Bonchev–Trinajstić information content (AvgIpc) is 2.66. The molecule has 1 saturated heterocycles. The van der Waals surface area contributed by atoms with Crippen LogP contribution < -0.4 is 16.0 Å². The molecule has 0 bridgehead atoms. The number of carbonyl (C=O) groups excluding carboxylic acids is 3. The van der Waals surface area contributed by atoms with Gasteiger partial charge in [-0.2, -0.15) is 0 Å². The van der Waals surface area contributed by atoms with E-state index in [1.165, 1.54) is 11.3 Å². The monoisotopic (exact) mass is 372 g/mol. The van der Waals surface area contributed by atoms with Gasteiger partial charge in [-0.05, 0) is 31.9 Å². The Kier molecular flexibility index (Phi) is 6.32. The molecule has 3 rings (SSSR count). The number of nitrogens with one attached hydrogen (secondary N) is 3. The lowest BCUT2D eigenvalue weighted by molar-refractivity contribution is -0.131. The largest absolute Gasteiger partial charge is 0.353 e. The van der Waals surface area contributed by atoms with Crippen LogP contribution in [0, 0.1) is 6.92 Å². The summed E-state index contributed by atoms with van der Waals surface area (Å²) in [6.45, 7) is 2.79. The van der Waals surface area contributed by atoms with E-state index in [9.17, 15) is 14.4 Å². The van der Waals surface area contributed by atoms with Gasteiger partial charge in [-0.3, -0.25) is 9.59 Å². The van der Waals surface area contributed by atoms with E-state index in [1.807, 2.05) is 31.2 Å². The Balaban J connectivity index is 1.60. The number of carbonyl (C=O) groups is 3. The third kappa shape index (κ3) is 5.21. The van der Waals surface area contributed by atoms with E-state index in [0.29, 0.717) is 18.8 Å². The van der Waals surface area contributed by atoms with Crippen LogP contribution in [0.15, 0.2) is 24.3 Å². The van der Waals surface area contributed by atoms with Crippen molar-refractivity contribution in [1.29, 1.82) is 0 Å². The highest BCUT2D eigenvalue weighted by atomic mass is 16.2. The zero-order valence-corrected chi connectivity index (χ0v) is 15.8. The Morgan fingerprint density at radius 2 is 1.85 bits per heavy atom. The number of nitrogens with zero attached hydrogens (tertiary/aromatic N) is 1. The molecule has 0 aromatic heterocycles. The van der Waals surface area contributed by atoms with Gasteiger partial charge in [0, 0.05) is 24.8 Å². The summed E-state index contributed by atoms with van der Waals surface area (Å²) in [5.74, 6) is -0.560. The molecule has 27 heavy (non-hydrogen) atoms. The second-order valence-electron chi connectivity index (χ2n) is 7.40. The third-order valence-electron chi connectivity index (χ3n) is 5.24. The molecule has 0 radical (unpaired) electrons. The first-order chi connectivity index (χ1) is 13.0. The number of aryl methyl sites for hydroxylation is 1. The second-order valence-corrected chi connectivity index (χ2v) is 7.40. The molecule has 1 aliphatic heterocycles. The minimum Gasteiger partial charge on any atom is -0.353 e. The molecule has 2 aliphatic rings. The van der Waals surface area contributed by atoms with Crippen LogP contribution in [0.2, 0.25) is 0 Å². The number of benzene rings is 1. The Morgan fingerprint density at radius 3 is 2.56 bits per heavy atom. The summed E-state index contributed by atoms with van der Waals surface area (Å²) in [5.41, 5.74) is 1.78. The topological polar surface area (TPSA) is 90.5 Å². The van der Waals surface area contributed by atoms with Gasteiger partial charge in [-0.1, -0.05) is 37.0 Å². The summed E-state index contributed by atoms with van der Waals surface area (Å²) in [5, 5.41) is 8.60. The van der Waals surface area contributed by atoms with E-state index >= 15 is 0 Å². The van der Waals surface area contributed by atoms with E-state index in [-0.39, 0.29) is 30.3 Å². The van der Waals surface area contributed by atoms with Crippen molar-refractivity contribution in [2.24, 2.45) is 0 Å². The first kappa shape index (κ1) is 19.2. The Bertz CT molecular complexity index is 683. The van der Waals surface area contributed by atoms with E-state index in [0.717, 1.165) is 31.2 Å². The summed E-state index contributed by atoms with van der Waals surface area (Å²) < 4.78 is 0. The maximum Gasteiger partial charge on any atom is 0.318 e. The highest BCUT2D eigenvalue weighted by molar-refractivity contribution is 5.97. The molecule has 7 heteroatoms. The van der Waals surface area contributed by atoms with Crippen molar-refractivity contribution < 1.29 is 14.4 Å². The highest BCUT2D eigenvalue weighted by Crippen LogP contribution is 2.19. The third-order valence-corrected chi connectivity index (χ3v) is 5.24. The minimum absolute atomic E-state index is 0.0577. The molecule has 0 unspecified atom stereocenters. The van der Waals surface area contributed by atoms with Crippen LogP contribution in [-0.2, 0) is 9.59 Å². The lowest BCUT2D eigenvalue weighted by Gasteiger charge is -2.36. The van der Waals surface area contributed by atoms with Gasteiger partial charge in [0.2, 0.25) is 11.8 Å². The zero-order valence-electron chi connectivity index (χ0n) is 15.8. The average molecular weight is 372 g/mol. The number of hydrogen-bond acceptors (Lipinski definition) is 3. The van der Waals surface area contributed by atoms with Crippen molar-refractivity contribution in [3.63, 3.8) is 0 Å². The van der Waals surface area contributed by atoms with E-state index in [1.54, 1.807) is 0 Å². The Morgan fingerprint density at radius 1 is 1.15 bits per heavy atom. The molecule has 1 aromatic rings. The Hall–Kier alpha value is -2.57. The number of anilines is 1. The molecule has 1 atom stereocenters. The summed E-state index contributed by atoms with van der Waals surface area (Å²) in [7, 11) is 0. The molecular weight excluding hydrogens is 344 g/mol. The minimum atomic E-state index is -0.784. The maximum absolute atomic E-state index is 12.7. The van der Waals surface area contributed by atoms with Crippen LogP contribution in [0.4, 0.5) is 10.5 Å². The predicted octanol–water partition coefficient (Wildman–Crippen LogP) is 2.17. The number of urea groups is 1. The maximum atomic E-state index is 12.7. The van der Waals surface area contributed by atoms with Crippen LogP contribution in [0.5, 0.6) is 0 Å². The summed E-state index contributed by atoms with van der Waals surface area (Å²) in [6, 6.07) is 6.60. The molecule has 7 nitrogen and oxygen atoms in total. The summed E-state index contributed by atoms with van der Waals surface area (Å²) >= 11 is 0. The van der Waals surface area contributed by atoms with Crippen LogP contribution in [0.25, 0.3) is 0 Å². The number of hydrogen-bond donors (Lipinski definition) is 3. The van der Waals surface area contributed by atoms with E-state index < -0.39 is 6.04 Å². The fourth-order valence-corrected chi connectivity index (χ4v) is 3.69. The zero-order chi connectivity index (χ0) is 19.2. The molecule has 1 heterocycles. The standard InChI is InChI=1S/C20H28N4O3/c1-14-7-9-16(10-8-14)22-18(25)13-17-19(26)21-11-12-24(17)20(27)23-15-5-3-2-4-6-15/h7-10,15,17H,2-6,11-13H2,1H3,(H,21,26)(H,22,25)(H,23,27)/t17-/m0/s1. The van der Waals surface area contributed by atoms with Crippen LogP contribution in [0.3, 0.4) is 0 Å². The quantitative estimate of drug-likeness (QED) is 0.756. The van der Waals surface area contributed by atoms with Crippen molar-refractivity contribution in [2.45, 2.75) is 57.5 Å².